The molecule has 1 atom stereocenters. The Labute approximate surface area is 124 Å². The number of sulfonamides is 1. The lowest BCUT2D eigenvalue weighted by Crippen LogP contribution is -2.41. The summed E-state index contributed by atoms with van der Waals surface area (Å²) in [5.41, 5.74) is 7.96. The predicted octanol–water partition coefficient (Wildman–Crippen LogP) is 1.21. The molecule has 6 nitrogen and oxygen atoms in total. The van der Waals surface area contributed by atoms with E-state index in [2.05, 4.69) is 0 Å². The van der Waals surface area contributed by atoms with E-state index < -0.39 is 22.0 Å². The standard InChI is InChI=1S/C14H20N2O4S/c1-9-7-11(8-12(15)10(9)2)21(18,19)16-6-4-5-13(16)14(17)20-3/h7-8,13H,4-6,15H2,1-3H3. The van der Waals surface area contributed by atoms with Gasteiger partial charge in [0.2, 0.25) is 10.0 Å². The van der Waals surface area contributed by atoms with Crippen LogP contribution >= 0.6 is 0 Å². The number of hydrogen-bond donors (Lipinski definition) is 1. The van der Waals surface area contributed by atoms with Crippen molar-refractivity contribution in [2.24, 2.45) is 0 Å². The van der Waals surface area contributed by atoms with E-state index in [-0.39, 0.29) is 4.90 Å². The summed E-state index contributed by atoms with van der Waals surface area (Å²) in [5, 5.41) is 0. The number of nitrogen functional groups attached to an aromatic ring is 1. The summed E-state index contributed by atoms with van der Waals surface area (Å²) < 4.78 is 31.4. The van der Waals surface area contributed by atoms with Crippen LogP contribution in [0.5, 0.6) is 0 Å². The van der Waals surface area contributed by atoms with Gasteiger partial charge < -0.3 is 10.5 Å². The first-order chi connectivity index (χ1) is 9.78. The molecule has 1 aromatic carbocycles. The average molecular weight is 312 g/mol. The highest BCUT2D eigenvalue weighted by atomic mass is 32.2. The van der Waals surface area contributed by atoms with E-state index in [4.69, 9.17) is 10.5 Å². The molecule has 1 heterocycles. The molecule has 0 bridgehead atoms. The van der Waals surface area contributed by atoms with Gasteiger partial charge in [-0.3, -0.25) is 4.79 Å². The summed E-state index contributed by atoms with van der Waals surface area (Å²) in [6.07, 6.45) is 1.12. The zero-order chi connectivity index (χ0) is 15.8. The fraction of sp³-hybridized carbons (Fsp3) is 0.500. The van der Waals surface area contributed by atoms with Gasteiger partial charge in [-0.15, -0.1) is 0 Å². The van der Waals surface area contributed by atoms with Crippen LogP contribution < -0.4 is 5.73 Å². The van der Waals surface area contributed by atoms with E-state index in [1.807, 2.05) is 13.8 Å². The number of aryl methyl sites for hydroxylation is 1. The number of hydrogen-bond acceptors (Lipinski definition) is 5. The minimum atomic E-state index is -3.75. The van der Waals surface area contributed by atoms with Crippen molar-refractivity contribution >= 4 is 21.7 Å². The minimum absolute atomic E-state index is 0.124. The molecular formula is C14H20N2O4S. The largest absolute Gasteiger partial charge is 0.468 e. The number of methoxy groups -OCH3 is 1. The molecule has 1 unspecified atom stereocenters. The van der Waals surface area contributed by atoms with Crippen molar-refractivity contribution < 1.29 is 17.9 Å². The SMILES string of the molecule is COC(=O)C1CCCN1S(=O)(=O)c1cc(C)c(C)c(N)c1. The van der Waals surface area contributed by atoms with E-state index in [0.29, 0.717) is 25.1 Å². The van der Waals surface area contributed by atoms with Crippen LogP contribution in [0.3, 0.4) is 0 Å². The molecular weight excluding hydrogens is 292 g/mol. The van der Waals surface area contributed by atoms with Crippen LogP contribution in [0.2, 0.25) is 0 Å². The van der Waals surface area contributed by atoms with E-state index in [9.17, 15) is 13.2 Å². The smallest absolute Gasteiger partial charge is 0.324 e. The molecule has 0 amide bonds. The van der Waals surface area contributed by atoms with Gasteiger partial charge in [0, 0.05) is 12.2 Å². The number of ether oxygens (including phenoxy) is 1. The molecule has 1 saturated heterocycles. The molecule has 21 heavy (non-hydrogen) atoms. The Kier molecular flexibility index (Phi) is 4.25. The zero-order valence-corrected chi connectivity index (χ0v) is 13.2. The molecule has 0 aliphatic carbocycles. The Hall–Kier alpha value is -1.60. The molecule has 0 spiro atoms. The number of rotatable bonds is 3. The van der Waals surface area contributed by atoms with Crippen molar-refractivity contribution in [2.75, 3.05) is 19.4 Å². The van der Waals surface area contributed by atoms with E-state index in [0.717, 1.165) is 11.1 Å². The topological polar surface area (TPSA) is 89.7 Å². The maximum Gasteiger partial charge on any atom is 0.324 e. The molecule has 0 radical (unpaired) electrons. The second-order valence-electron chi connectivity index (χ2n) is 5.25. The van der Waals surface area contributed by atoms with Crippen molar-refractivity contribution in [3.05, 3.63) is 23.3 Å². The maximum atomic E-state index is 12.7. The Bertz CT molecular complexity index is 647. The lowest BCUT2D eigenvalue weighted by molar-refractivity contribution is -0.144. The van der Waals surface area contributed by atoms with Crippen molar-refractivity contribution in [3.63, 3.8) is 0 Å². The van der Waals surface area contributed by atoms with Gasteiger partial charge in [0.25, 0.3) is 0 Å². The summed E-state index contributed by atoms with van der Waals surface area (Å²) in [4.78, 5) is 11.9. The molecule has 1 aliphatic rings. The van der Waals surface area contributed by atoms with Crippen LogP contribution in [-0.2, 0) is 19.6 Å². The van der Waals surface area contributed by atoms with Gasteiger partial charge in [0.05, 0.1) is 12.0 Å². The monoisotopic (exact) mass is 312 g/mol. The quantitative estimate of drug-likeness (QED) is 0.669. The first-order valence-corrected chi connectivity index (χ1v) is 8.19. The molecule has 0 aromatic heterocycles. The molecule has 1 fully saturated rings. The summed E-state index contributed by atoms with van der Waals surface area (Å²) in [6.45, 7) is 3.97. The highest BCUT2D eigenvalue weighted by Crippen LogP contribution is 2.29. The summed E-state index contributed by atoms with van der Waals surface area (Å²) in [5.74, 6) is -0.520. The van der Waals surface area contributed by atoms with Crippen LogP contribution in [0.25, 0.3) is 0 Å². The fourth-order valence-electron chi connectivity index (χ4n) is 2.54. The van der Waals surface area contributed by atoms with Gasteiger partial charge in [-0.2, -0.15) is 4.31 Å². The average Bonchev–Trinajstić information content (AvgIpc) is 2.93. The van der Waals surface area contributed by atoms with Gasteiger partial charge in [-0.05, 0) is 49.9 Å². The summed E-state index contributed by atoms with van der Waals surface area (Å²) in [6, 6.07) is 2.29. The normalized spacial score (nSPS) is 19.7. The fourth-order valence-corrected chi connectivity index (χ4v) is 4.30. The third-order valence-electron chi connectivity index (χ3n) is 3.96. The summed E-state index contributed by atoms with van der Waals surface area (Å²) in [7, 11) is -2.49. The van der Waals surface area contributed by atoms with Crippen molar-refractivity contribution in [1.82, 2.24) is 4.31 Å². The predicted molar refractivity (Wildman–Crippen MR) is 79.3 cm³/mol. The lowest BCUT2D eigenvalue weighted by Gasteiger charge is -2.22. The molecule has 2 N–H and O–H groups in total. The number of benzene rings is 1. The number of anilines is 1. The third-order valence-corrected chi connectivity index (χ3v) is 5.85. The number of nitrogens with two attached hydrogens (primary N) is 1. The zero-order valence-electron chi connectivity index (χ0n) is 12.4. The van der Waals surface area contributed by atoms with Crippen molar-refractivity contribution in [1.29, 1.82) is 0 Å². The van der Waals surface area contributed by atoms with Gasteiger partial charge >= 0.3 is 5.97 Å². The Morgan fingerprint density at radius 1 is 1.38 bits per heavy atom. The Morgan fingerprint density at radius 2 is 2.05 bits per heavy atom. The maximum absolute atomic E-state index is 12.7. The Morgan fingerprint density at radius 3 is 2.62 bits per heavy atom. The number of carbonyl (C=O) groups excluding carboxylic acids is 1. The minimum Gasteiger partial charge on any atom is -0.468 e. The summed E-state index contributed by atoms with van der Waals surface area (Å²) >= 11 is 0. The van der Waals surface area contributed by atoms with Gasteiger partial charge in [0.1, 0.15) is 6.04 Å². The van der Waals surface area contributed by atoms with Crippen LogP contribution in [0.15, 0.2) is 17.0 Å². The number of esters is 1. The first kappa shape index (κ1) is 15.8. The van der Waals surface area contributed by atoms with Gasteiger partial charge in [-0.25, -0.2) is 8.42 Å². The van der Waals surface area contributed by atoms with Crippen LogP contribution in [0.4, 0.5) is 5.69 Å². The van der Waals surface area contributed by atoms with E-state index >= 15 is 0 Å². The van der Waals surface area contributed by atoms with E-state index in [1.165, 1.54) is 17.5 Å². The second kappa shape index (κ2) is 5.65. The third kappa shape index (κ3) is 2.75. The van der Waals surface area contributed by atoms with Crippen LogP contribution in [0, 0.1) is 13.8 Å². The number of nitrogens with zero attached hydrogens (tertiary/aromatic N) is 1. The molecule has 116 valence electrons. The number of carbonyl (C=O) groups is 1. The van der Waals surface area contributed by atoms with Crippen molar-refractivity contribution in [2.45, 2.75) is 37.6 Å². The molecule has 7 heteroatoms. The second-order valence-corrected chi connectivity index (χ2v) is 7.14. The highest BCUT2D eigenvalue weighted by molar-refractivity contribution is 7.89. The van der Waals surface area contributed by atoms with Crippen LogP contribution in [0.1, 0.15) is 24.0 Å². The van der Waals surface area contributed by atoms with Gasteiger partial charge in [0.15, 0.2) is 0 Å². The lowest BCUT2D eigenvalue weighted by atomic mass is 10.1. The van der Waals surface area contributed by atoms with Crippen LogP contribution in [-0.4, -0.2) is 38.4 Å². The molecule has 1 aliphatic heterocycles. The van der Waals surface area contributed by atoms with Crippen molar-refractivity contribution in [3.8, 4) is 0 Å². The molecule has 2 rings (SSSR count). The Balaban J connectivity index is 2.45. The highest BCUT2D eigenvalue weighted by Gasteiger charge is 2.40. The van der Waals surface area contributed by atoms with Gasteiger partial charge in [-0.1, -0.05) is 0 Å². The molecule has 0 saturated carbocycles. The first-order valence-electron chi connectivity index (χ1n) is 6.75. The van der Waals surface area contributed by atoms with E-state index in [1.54, 1.807) is 6.07 Å². The molecule has 1 aromatic rings.